The van der Waals surface area contributed by atoms with Crippen molar-refractivity contribution in [3.05, 3.63) is 22.2 Å². The van der Waals surface area contributed by atoms with Crippen LogP contribution in [-0.2, 0) is 4.79 Å². The van der Waals surface area contributed by atoms with E-state index in [1.54, 1.807) is 11.6 Å². The third kappa shape index (κ3) is 1.51. The number of aromatic nitrogens is 1. The van der Waals surface area contributed by atoms with E-state index in [0.717, 1.165) is 16.9 Å². The second kappa shape index (κ2) is 3.27. The first-order valence-corrected chi connectivity index (χ1v) is 3.74. The van der Waals surface area contributed by atoms with Gasteiger partial charge in [-0.2, -0.15) is 0 Å². The Morgan fingerprint density at radius 3 is 3.00 bits per heavy atom. The number of hydrogen-bond donors (Lipinski definition) is 0. The van der Waals surface area contributed by atoms with Crippen molar-refractivity contribution in [2.45, 2.75) is 6.92 Å². The van der Waals surface area contributed by atoms with E-state index in [4.69, 9.17) is 0 Å². The van der Waals surface area contributed by atoms with Crippen molar-refractivity contribution in [2.75, 3.05) is 0 Å². The molecule has 0 radical (unpaired) electrons. The fourth-order valence-corrected chi connectivity index (χ4v) is 1.30. The Balaban J connectivity index is 2.83. The SMILES string of the molecule is Cc1ncsc1C=CC=O. The average Bonchev–Trinajstić information content (AvgIpc) is 2.31. The van der Waals surface area contributed by atoms with Crippen LogP contribution in [0.1, 0.15) is 10.6 Å². The summed E-state index contributed by atoms with van der Waals surface area (Å²) in [4.78, 5) is 15.0. The van der Waals surface area contributed by atoms with Gasteiger partial charge in [0.25, 0.3) is 0 Å². The van der Waals surface area contributed by atoms with E-state index < -0.39 is 0 Å². The van der Waals surface area contributed by atoms with E-state index >= 15 is 0 Å². The van der Waals surface area contributed by atoms with Gasteiger partial charge in [-0.15, -0.1) is 11.3 Å². The van der Waals surface area contributed by atoms with Crippen LogP contribution in [0.4, 0.5) is 0 Å². The Labute approximate surface area is 63.2 Å². The summed E-state index contributed by atoms with van der Waals surface area (Å²) in [5.74, 6) is 0. The number of hydrogen-bond acceptors (Lipinski definition) is 3. The molecule has 0 unspecified atom stereocenters. The smallest absolute Gasteiger partial charge is 0.142 e. The molecule has 0 aliphatic heterocycles. The Kier molecular flexibility index (Phi) is 2.34. The molecule has 0 aromatic carbocycles. The molecule has 52 valence electrons. The first-order valence-electron chi connectivity index (χ1n) is 2.86. The fourth-order valence-electron chi connectivity index (χ4n) is 0.598. The van der Waals surface area contributed by atoms with E-state index in [1.807, 2.05) is 6.92 Å². The molecule has 3 heteroatoms. The largest absolute Gasteiger partial charge is 0.299 e. The van der Waals surface area contributed by atoms with Gasteiger partial charge in [0.1, 0.15) is 6.29 Å². The highest BCUT2D eigenvalue weighted by molar-refractivity contribution is 7.10. The van der Waals surface area contributed by atoms with Gasteiger partial charge in [-0.1, -0.05) is 0 Å². The van der Waals surface area contributed by atoms with Crippen LogP contribution in [-0.4, -0.2) is 11.3 Å². The Hall–Kier alpha value is -0.960. The van der Waals surface area contributed by atoms with E-state index in [1.165, 1.54) is 17.4 Å². The summed E-state index contributed by atoms with van der Waals surface area (Å²) in [7, 11) is 0. The lowest BCUT2D eigenvalue weighted by Gasteiger charge is -1.82. The van der Waals surface area contributed by atoms with Crippen molar-refractivity contribution in [2.24, 2.45) is 0 Å². The molecule has 0 fully saturated rings. The second-order valence-electron chi connectivity index (χ2n) is 1.80. The van der Waals surface area contributed by atoms with Crippen LogP contribution in [0.25, 0.3) is 6.08 Å². The molecule has 1 aromatic heterocycles. The standard InChI is InChI=1S/C7H7NOS/c1-6-7(3-2-4-9)10-5-8-6/h2-5H,1H3. The summed E-state index contributed by atoms with van der Waals surface area (Å²) in [5, 5.41) is 0. The van der Waals surface area contributed by atoms with Crippen molar-refractivity contribution in [1.29, 1.82) is 0 Å². The molecule has 0 saturated carbocycles. The molecule has 0 aliphatic rings. The molecular weight excluding hydrogens is 146 g/mol. The molecule has 0 aliphatic carbocycles. The predicted molar refractivity (Wildman–Crippen MR) is 41.9 cm³/mol. The molecule has 1 aromatic rings. The quantitative estimate of drug-likeness (QED) is 0.477. The zero-order chi connectivity index (χ0) is 7.40. The summed E-state index contributed by atoms with van der Waals surface area (Å²) in [6.07, 6.45) is 4.00. The number of carbonyl (C=O) groups is 1. The summed E-state index contributed by atoms with van der Waals surface area (Å²) >= 11 is 1.53. The lowest BCUT2D eigenvalue weighted by molar-refractivity contribution is -0.104. The first kappa shape index (κ1) is 7.15. The zero-order valence-corrected chi connectivity index (χ0v) is 6.39. The molecule has 1 heterocycles. The Bertz CT molecular complexity index is 252. The Morgan fingerprint density at radius 1 is 1.70 bits per heavy atom. The maximum absolute atomic E-state index is 9.91. The Morgan fingerprint density at radius 2 is 2.50 bits per heavy atom. The van der Waals surface area contributed by atoms with E-state index in [9.17, 15) is 4.79 Å². The summed E-state index contributed by atoms with van der Waals surface area (Å²) in [5.41, 5.74) is 2.74. The lowest BCUT2D eigenvalue weighted by Crippen LogP contribution is -1.71. The minimum Gasteiger partial charge on any atom is -0.299 e. The molecule has 0 saturated heterocycles. The van der Waals surface area contributed by atoms with Crippen LogP contribution in [0, 0.1) is 6.92 Å². The maximum Gasteiger partial charge on any atom is 0.142 e. The number of thiazole rings is 1. The van der Waals surface area contributed by atoms with Gasteiger partial charge in [0.2, 0.25) is 0 Å². The van der Waals surface area contributed by atoms with Gasteiger partial charge in [-0.3, -0.25) is 4.79 Å². The average molecular weight is 153 g/mol. The molecule has 10 heavy (non-hydrogen) atoms. The minimum atomic E-state index is 0.763. The second-order valence-corrected chi connectivity index (χ2v) is 2.68. The summed E-state index contributed by atoms with van der Waals surface area (Å²) in [6, 6.07) is 0. The number of carbonyl (C=O) groups excluding carboxylic acids is 1. The molecular formula is C7H7NOS. The molecule has 1 rings (SSSR count). The van der Waals surface area contributed by atoms with Gasteiger partial charge >= 0.3 is 0 Å². The highest BCUT2D eigenvalue weighted by Gasteiger charge is 1.93. The number of aldehydes is 1. The van der Waals surface area contributed by atoms with E-state index in [0.29, 0.717) is 0 Å². The number of nitrogens with zero attached hydrogens (tertiary/aromatic N) is 1. The summed E-state index contributed by atoms with van der Waals surface area (Å²) < 4.78 is 0. The number of aryl methyl sites for hydroxylation is 1. The van der Waals surface area contributed by atoms with Crippen LogP contribution in [0.15, 0.2) is 11.6 Å². The zero-order valence-electron chi connectivity index (χ0n) is 5.57. The third-order valence-corrected chi connectivity index (χ3v) is 2.01. The van der Waals surface area contributed by atoms with Gasteiger partial charge in [0, 0.05) is 4.88 Å². The molecule has 0 spiro atoms. The highest BCUT2D eigenvalue weighted by atomic mass is 32.1. The lowest BCUT2D eigenvalue weighted by atomic mass is 10.4. The van der Waals surface area contributed by atoms with Crippen LogP contribution in [0.2, 0.25) is 0 Å². The van der Waals surface area contributed by atoms with Gasteiger partial charge in [-0.05, 0) is 19.1 Å². The van der Waals surface area contributed by atoms with Gasteiger partial charge in [0.15, 0.2) is 0 Å². The van der Waals surface area contributed by atoms with E-state index in [2.05, 4.69) is 4.98 Å². The third-order valence-electron chi connectivity index (χ3n) is 1.11. The molecule has 0 N–H and O–H groups in total. The predicted octanol–water partition coefficient (Wildman–Crippen LogP) is 1.66. The first-order chi connectivity index (χ1) is 4.84. The molecule has 0 atom stereocenters. The van der Waals surface area contributed by atoms with Gasteiger partial charge in [-0.25, -0.2) is 4.98 Å². The van der Waals surface area contributed by atoms with Crippen molar-refractivity contribution in [3.63, 3.8) is 0 Å². The number of rotatable bonds is 2. The van der Waals surface area contributed by atoms with Crippen LogP contribution in [0.3, 0.4) is 0 Å². The topological polar surface area (TPSA) is 30.0 Å². The highest BCUT2D eigenvalue weighted by Crippen LogP contribution is 2.12. The van der Waals surface area contributed by atoms with Crippen molar-refractivity contribution >= 4 is 23.7 Å². The van der Waals surface area contributed by atoms with Gasteiger partial charge in [0.05, 0.1) is 11.2 Å². The van der Waals surface area contributed by atoms with Crippen molar-refractivity contribution in [1.82, 2.24) is 4.98 Å². The normalized spacial score (nSPS) is 10.5. The van der Waals surface area contributed by atoms with Crippen LogP contribution >= 0.6 is 11.3 Å². The van der Waals surface area contributed by atoms with Crippen molar-refractivity contribution < 1.29 is 4.79 Å². The number of allylic oxidation sites excluding steroid dienone is 1. The monoisotopic (exact) mass is 153 g/mol. The summed E-state index contributed by atoms with van der Waals surface area (Å²) in [6.45, 7) is 1.92. The van der Waals surface area contributed by atoms with Gasteiger partial charge < -0.3 is 0 Å². The van der Waals surface area contributed by atoms with Crippen LogP contribution in [0.5, 0.6) is 0 Å². The molecule has 0 bridgehead atoms. The molecule has 2 nitrogen and oxygen atoms in total. The van der Waals surface area contributed by atoms with Crippen LogP contribution < -0.4 is 0 Å². The fraction of sp³-hybridized carbons (Fsp3) is 0.143. The van der Waals surface area contributed by atoms with E-state index in [-0.39, 0.29) is 0 Å². The van der Waals surface area contributed by atoms with Crippen molar-refractivity contribution in [3.8, 4) is 0 Å². The maximum atomic E-state index is 9.91. The minimum absolute atomic E-state index is 0.763. The molecule has 0 amide bonds.